The largest absolute Gasteiger partial charge is 1.00 e. The summed E-state index contributed by atoms with van der Waals surface area (Å²) in [5.41, 5.74) is 0. The van der Waals surface area contributed by atoms with Gasteiger partial charge in [0.2, 0.25) is 0 Å². The average Bonchev–Trinajstić information content (AvgIpc) is 2.12. The second-order valence-electron chi connectivity index (χ2n) is 2.02. The molecule has 10 heavy (non-hydrogen) atoms. The molecule has 5 heteroatoms. The Labute approximate surface area is 71.3 Å². The first-order valence-electron chi connectivity index (χ1n) is 2.83. The van der Waals surface area contributed by atoms with Crippen molar-refractivity contribution in [2.24, 2.45) is 0 Å². The molecule has 0 aromatic carbocycles. The molecule has 0 radical (unpaired) electrons. The van der Waals surface area contributed by atoms with Gasteiger partial charge in [0.15, 0.2) is 6.17 Å². The third-order valence-corrected chi connectivity index (χ3v) is 1.81. The third kappa shape index (κ3) is 1.84. The maximum Gasteiger partial charge on any atom is 0.176 e. The van der Waals surface area contributed by atoms with Crippen molar-refractivity contribution in [3.8, 4) is 0 Å². The van der Waals surface area contributed by atoms with Gasteiger partial charge in [0.25, 0.3) is 0 Å². The number of nitrogens with one attached hydrogen (secondary N) is 1. The fourth-order valence-corrected chi connectivity index (χ4v) is 1.18. The standard InChI is InChI=1S/C5H9ClN2O.ClH/c1-2-5-7(6)3-4-8(5)9;/h2,5,8H,1,3-4H2;1H/p-1. The summed E-state index contributed by atoms with van der Waals surface area (Å²) in [6.07, 6.45) is 1.33. The van der Waals surface area contributed by atoms with Crippen LogP contribution >= 0.6 is 11.8 Å². The molecule has 0 amide bonds. The lowest BCUT2D eigenvalue weighted by atomic mass is 10.5. The van der Waals surface area contributed by atoms with E-state index < -0.39 is 0 Å². The molecule has 0 aliphatic carbocycles. The van der Waals surface area contributed by atoms with E-state index in [2.05, 4.69) is 6.58 Å². The van der Waals surface area contributed by atoms with Crippen LogP contribution < -0.4 is 17.5 Å². The van der Waals surface area contributed by atoms with E-state index in [0.29, 0.717) is 13.1 Å². The van der Waals surface area contributed by atoms with Crippen LogP contribution in [0.2, 0.25) is 0 Å². The Morgan fingerprint density at radius 2 is 2.40 bits per heavy atom. The maximum absolute atomic E-state index is 10.8. The predicted molar refractivity (Wildman–Crippen MR) is 35.7 cm³/mol. The highest BCUT2D eigenvalue weighted by Crippen LogP contribution is 2.01. The van der Waals surface area contributed by atoms with Crippen LogP contribution in [-0.4, -0.2) is 23.7 Å². The number of hydrogen-bond donors (Lipinski definition) is 1. The Kier molecular flexibility index (Phi) is 4.24. The van der Waals surface area contributed by atoms with E-state index in [1.165, 1.54) is 4.42 Å². The molecule has 60 valence electrons. The highest BCUT2D eigenvalue weighted by molar-refractivity contribution is 6.13. The van der Waals surface area contributed by atoms with Gasteiger partial charge >= 0.3 is 0 Å². The van der Waals surface area contributed by atoms with Gasteiger partial charge in [0.05, 0.1) is 13.1 Å². The molecule has 0 aromatic heterocycles. The molecule has 2 unspecified atom stereocenters. The molecule has 1 N–H and O–H groups in total. The van der Waals surface area contributed by atoms with Crippen LogP contribution in [0, 0.1) is 5.21 Å². The molecule has 3 nitrogen and oxygen atoms in total. The molecule has 0 bridgehead atoms. The van der Waals surface area contributed by atoms with Crippen molar-refractivity contribution in [1.82, 2.24) is 4.42 Å². The summed E-state index contributed by atoms with van der Waals surface area (Å²) in [6, 6.07) is 0. The Bertz CT molecular complexity index is 112. The summed E-state index contributed by atoms with van der Waals surface area (Å²) in [5.74, 6) is 0. The minimum Gasteiger partial charge on any atom is -1.00 e. The second-order valence-corrected chi connectivity index (χ2v) is 2.45. The van der Waals surface area contributed by atoms with Gasteiger partial charge in [-0.3, -0.25) is 0 Å². The zero-order valence-corrected chi connectivity index (χ0v) is 6.90. The minimum atomic E-state index is -0.244. The molecule has 1 aliphatic heterocycles. The molecule has 2 atom stereocenters. The van der Waals surface area contributed by atoms with Crippen molar-refractivity contribution in [2.45, 2.75) is 6.17 Å². The maximum atomic E-state index is 10.8. The molecule has 1 heterocycles. The lowest BCUT2D eigenvalue weighted by Gasteiger charge is -2.22. The molecular weight excluding hydrogens is 175 g/mol. The van der Waals surface area contributed by atoms with Gasteiger partial charge in [-0.15, -0.1) is 0 Å². The lowest BCUT2D eigenvalue weighted by Crippen LogP contribution is -3.09. The SMILES string of the molecule is C=CC1N(Cl)CC[NH+]1[O-].[Cl-]. The van der Waals surface area contributed by atoms with E-state index in [-0.39, 0.29) is 23.6 Å². The molecule has 0 spiro atoms. The van der Waals surface area contributed by atoms with E-state index in [1.807, 2.05) is 0 Å². The summed E-state index contributed by atoms with van der Waals surface area (Å²) in [6.45, 7) is 4.70. The Hall–Kier alpha value is 0.200. The summed E-state index contributed by atoms with van der Waals surface area (Å²) in [7, 11) is 0. The molecule has 0 aromatic rings. The molecular formula is C5H9Cl2N2O-. The average molecular weight is 184 g/mol. The molecule has 1 rings (SSSR count). The van der Waals surface area contributed by atoms with E-state index in [9.17, 15) is 5.21 Å². The fourth-order valence-electron chi connectivity index (χ4n) is 0.906. The van der Waals surface area contributed by atoms with Crippen molar-refractivity contribution < 1.29 is 17.5 Å². The van der Waals surface area contributed by atoms with Crippen molar-refractivity contribution in [2.75, 3.05) is 13.1 Å². The van der Waals surface area contributed by atoms with Crippen LogP contribution in [0.25, 0.3) is 0 Å². The highest BCUT2D eigenvalue weighted by atomic mass is 35.5. The van der Waals surface area contributed by atoms with E-state index in [4.69, 9.17) is 11.8 Å². The normalized spacial score (nSPS) is 33.4. The summed E-state index contributed by atoms with van der Waals surface area (Å²) in [5, 5.41) is 11.0. The summed E-state index contributed by atoms with van der Waals surface area (Å²) < 4.78 is 1.48. The van der Waals surface area contributed by atoms with Crippen molar-refractivity contribution in [3.05, 3.63) is 17.9 Å². The van der Waals surface area contributed by atoms with Crippen LogP contribution in [0.1, 0.15) is 0 Å². The van der Waals surface area contributed by atoms with Gasteiger partial charge in [-0.25, -0.2) is 0 Å². The van der Waals surface area contributed by atoms with E-state index >= 15 is 0 Å². The van der Waals surface area contributed by atoms with Crippen molar-refractivity contribution in [1.29, 1.82) is 0 Å². The Morgan fingerprint density at radius 3 is 2.60 bits per heavy atom. The summed E-state index contributed by atoms with van der Waals surface area (Å²) in [4.78, 5) is 0. The van der Waals surface area contributed by atoms with Gasteiger partial charge in [0.1, 0.15) is 0 Å². The third-order valence-electron chi connectivity index (χ3n) is 1.43. The van der Waals surface area contributed by atoms with Crippen LogP contribution in [0.5, 0.6) is 0 Å². The molecule has 1 fully saturated rings. The monoisotopic (exact) mass is 183 g/mol. The molecule has 1 aliphatic rings. The van der Waals surface area contributed by atoms with Crippen molar-refractivity contribution in [3.63, 3.8) is 0 Å². The smallest absolute Gasteiger partial charge is 0.176 e. The van der Waals surface area contributed by atoms with Crippen LogP contribution in [0.4, 0.5) is 0 Å². The number of rotatable bonds is 1. The molecule has 1 saturated heterocycles. The predicted octanol–water partition coefficient (Wildman–Crippen LogP) is -3.65. The van der Waals surface area contributed by atoms with E-state index in [1.54, 1.807) is 6.08 Å². The Balaban J connectivity index is 0.000000810. The van der Waals surface area contributed by atoms with Gasteiger partial charge in [0, 0.05) is 0 Å². The highest BCUT2D eigenvalue weighted by Gasteiger charge is 2.26. The first-order chi connectivity index (χ1) is 4.25. The van der Waals surface area contributed by atoms with Crippen LogP contribution in [0.15, 0.2) is 12.7 Å². The molecule has 0 saturated carbocycles. The number of nitrogens with zero attached hydrogens (tertiary/aromatic N) is 1. The first-order valence-corrected chi connectivity index (χ1v) is 3.17. The number of hydrogen-bond acceptors (Lipinski definition) is 2. The van der Waals surface area contributed by atoms with Gasteiger partial charge in [-0.2, -0.15) is 4.42 Å². The van der Waals surface area contributed by atoms with E-state index in [0.717, 1.165) is 0 Å². The minimum absolute atomic E-state index is 0. The lowest BCUT2D eigenvalue weighted by molar-refractivity contribution is -0.858. The quantitative estimate of drug-likeness (QED) is 0.259. The number of quaternary nitrogens is 1. The zero-order valence-electron chi connectivity index (χ0n) is 5.39. The van der Waals surface area contributed by atoms with Gasteiger partial charge < -0.3 is 22.7 Å². The number of hydroxylamine groups is 2. The van der Waals surface area contributed by atoms with Gasteiger partial charge in [-0.1, -0.05) is 6.58 Å². The Morgan fingerprint density at radius 1 is 1.80 bits per heavy atom. The van der Waals surface area contributed by atoms with Crippen LogP contribution in [-0.2, 0) is 0 Å². The van der Waals surface area contributed by atoms with Crippen LogP contribution in [0.3, 0.4) is 0 Å². The number of halogens is 2. The summed E-state index contributed by atoms with van der Waals surface area (Å²) >= 11 is 5.61. The second kappa shape index (κ2) is 4.16. The fraction of sp³-hybridized carbons (Fsp3) is 0.600. The van der Waals surface area contributed by atoms with Gasteiger partial charge in [-0.05, 0) is 17.9 Å². The topological polar surface area (TPSA) is 30.7 Å². The first kappa shape index (κ1) is 10.2. The van der Waals surface area contributed by atoms with Crippen molar-refractivity contribution >= 4 is 11.8 Å². The zero-order chi connectivity index (χ0) is 6.85.